The largest absolute Gasteiger partial charge is 0.462 e. The summed E-state index contributed by atoms with van der Waals surface area (Å²) in [6.07, 6.45) is -0.200. The van der Waals surface area contributed by atoms with Crippen LogP contribution >= 0.6 is 0 Å². The molecule has 0 aliphatic rings. The van der Waals surface area contributed by atoms with Crippen molar-refractivity contribution in [1.82, 2.24) is 0 Å². The van der Waals surface area contributed by atoms with Gasteiger partial charge in [0.25, 0.3) is 0 Å². The van der Waals surface area contributed by atoms with E-state index >= 15 is 0 Å². The maximum Gasteiger partial charge on any atom is 0.317 e. The summed E-state index contributed by atoms with van der Waals surface area (Å²) in [5, 5.41) is 0. The van der Waals surface area contributed by atoms with Crippen LogP contribution in [0.3, 0.4) is 0 Å². The van der Waals surface area contributed by atoms with Crippen LogP contribution in [0.15, 0.2) is 0 Å². The van der Waals surface area contributed by atoms with Gasteiger partial charge in [-0.15, -0.1) is 0 Å². The second kappa shape index (κ2) is 5.75. The van der Waals surface area contributed by atoms with Gasteiger partial charge in [0.05, 0.1) is 12.6 Å². The summed E-state index contributed by atoms with van der Waals surface area (Å²) in [6.45, 7) is 7.00. The van der Waals surface area contributed by atoms with Gasteiger partial charge in [-0.3, -0.25) is 9.59 Å². The Kier molecular flexibility index (Phi) is 5.38. The second-order valence-corrected chi connectivity index (χ2v) is 3.88. The molecule has 2 N–H and O–H groups in total. The van der Waals surface area contributed by atoms with Crippen LogP contribution in [0.2, 0.25) is 0 Å². The number of esters is 1. The molecule has 0 aromatic rings. The summed E-state index contributed by atoms with van der Waals surface area (Å²) in [5.74, 6) is -1.52. The number of nitrogens with two attached hydrogens (primary N) is 1. The molecular weight excluding hydrogens is 182 g/mol. The van der Waals surface area contributed by atoms with E-state index in [-0.39, 0.29) is 24.3 Å². The van der Waals surface area contributed by atoms with Crippen molar-refractivity contribution in [3.63, 3.8) is 0 Å². The first-order valence-corrected chi connectivity index (χ1v) is 4.83. The van der Waals surface area contributed by atoms with Gasteiger partial charge in [0.15, 0.2) is 5.78 Å². The van der Waals surface area contributed by atoms with E-state index in [9.17, 15) is 9.59 Å². The van der Waals surface area contributed by atoms with E-state index in [1.165, 1.54) is 0 Å². The number of carbonyl (C=O) groups excluding carboxylic acids is 2. The molecule has 0 fully saturated rings. The normalized spacial score (nSPS) is 13.1. The third kappa shape index (κ3) is 3.87. The van der Waals surface area contributed by atoms with Crippen LogP contribution in [0.25, 0.3) is 0 Å². The number of Topliss-reactive ketones (excluding diaryl/α,β-unsaturated/α-hetero) is 1. The monoisotopic (exact) mass is 201 g/mol. The molecule has 0 aliphatic carbocycles. The number of hydrogen-bond donors (Lipinski definition) is 1. The molecule has 4 heteroatoms. The van der Waals surface area contributed by atoms with Crippen molar-refractivity contribution < 1.29 is 14.3 Å². The van der Waals surface area contributed by atoms with Gasteiger partial charge in [-0.05, 0) is 19.8 Å². The zero-order valence-electron chi connectivity index (χ0n) is 9.24. The molecule has 0 saturated heterocycles. The Morgan fingerprint density at radius 1 is 1.21 bits per heavy atom. The van der Waals surface area contributed by atoms with Crippen LogP contribution in [0.5, 0.6) is 0 Å². The highest BCUT2D eigenvalue weighted by Crippen LogP contribution is 2.14. The minimum absolute atomic E-state index is 0.0719. The number of hydrogen-bond acceptors (Lipinski definition) is 4. The van der Waals surface area contributed by atoms with Crippen LogP contribution in [-0.2, 0) is 14.3 Å². The van der Waals surface area contributed by atoms with E-state index in [2.05, 4.69) is 0 Å². The van der Waals surface area contributed by atoms with Gasteiger partial charge < -0.3 is 10.5 Å². The lowest BCUT2D eigenvalue weighted by Gasteiger charge is -2.18. The third-order valence-electron chi connectivity index (χ3n) is 1.82. The van der Waals surface area contributed by atoms with Gasteiger partial charge in [-0.2, -0.15) is 0 Å². The van der Waals surface area contributed by atoms with Crippen molar-refractivity contribution in [1.29, 1.82) is 0 Å². The van der Waals surface area contributed by atoms with Crippen molar-refractivity contribution in [2.45, 2.75) is 33.8 Å². The predicted molar refractivity (Wildman–Crippen MR) is 53.6 cm³/mol. The molecule has 0 aliphatic heterocycles. The molecule has 0 amide bonds. The van der Waals surface area contributed by atoms with Crippen LogP contribution in [-0.4, -0.2) is 24.4 Å². The predicted octanol–water partition coefficient (Wildman–Crippen LogP) is 0.738. The average molecular weight is 201 g/mol. The number of ketones is 1. The van der Waals surface area contributed by atoms with E-state index in [0.29, 0.717) is 0 Å². The smallest absolute Gasteiger partial charge is 0.317 e. The topological polar surface area (TPSA) is 69.4 Å². The van der Waals surface area contributed by atoms with E-state index in [0.717, 1.165) is 0 Å². The van der Waals surface area contributed by atoms with Crippen LogP contribution < -0.4 is 5.73 Å². The molecule has 0 saturated carbocycles. The Morgan fingerprint density at radius 3 is 2.00 bits per heavy atom. The SMILES string of the molecule is CC(C)OC(=O)C(C(=O)CN)C(C)C. The number of ether oxygens (including phenoxy) is 1. The van der Waals surface area contributed by atoms with E-state index in [1.54, 1.807) is 27.7 Å². The Hall–Kier alpha value is -0.900. The molecule has 0 bridgehead atoms. The molecular formula is C10H19NO3. The molecule has 4 nitrogen and oxygen atoms in total. The summed E-state index contributed by atoms with van der Waals surface area (Å²) < 4.78 is 4.98. The van der Waals surface area contributed by atoms with Crippen molar-refractivity contribution in [2.24, 2.45) is 17.6 Å². The van der Waals surface area contributed by atoms with Crippen LogP contribution in [0.1, 0.15) is 27.7 Å². The Labute approximate surface area is 84.8 Å². The van der Waals surface area contributed by atoms with Gasteiger partial charge in [0.2, 0.25) is 0 Å². The Bertz CT molecular complexity index is 211. The summed E-state index contributed by atoms with van der Waals surface area (Å²) in [7, 11) is 0. The van der Waals surface area contributed by atoms with Gasteiger partial charge in [0.1, 0.15) is 5.92 Å². The number of rotatable bonds is 5. The number of carbonyl (C=O) groups is 2. The van der Waals surface area contributed by atoms with Crippen molar-refractivity contribution in [3.8, 4) is 0 Å². The maximum atomic E-state index is 11.5. The molecule has 82 valence electrons. The highest BCUT2D eigenvalue weighted by atomic mass is 16.5. The maximum absolute atomic E-state index is 11.5. The van der Waals surface area contributed by atoms with Gasteiger partial charge >= 0.3 is 5.97 Å². The quantitative estimate of drug-likeness (QED) is 0.526. The highest BCUT2D eigenvalue weighted by molar-refractivity contribution is 6.00. The highest BCUT2D eigenvalue weighted by Gasteiger charge is 2.30. The van der Waals surface area contributed by atoms with Crippen molar-refractivity contribution in [2.75, 3.05) is 6.54 Å². The molecule has 14 heavy (non-hydrogen) atoms. The molecule has 0 spiro atoms. The van der Waals surface area contributed by atoms with Gasteiger partial charge in [-0.25, -0.2) is 0 Å². The molecule has 0 heterocycles. The zero-order valence-corrected chi connectivity index (χ0v) is 9.24. The molecule has 0 aromatic heterocycles. The van der Waals surface area contributed by atoms with E-state index < -0.39 is 11.9 Å². The van der Waals surface area contributed by atoms with Gasteiger partial charge in [-0.1, -0.05) is 13.8 Å². The fraction of sp³-hybridized carbons (Fsp3) is 0.800. The summed E-state index contributed by atoms with van der Waals surface area (Å²) in [5.41, 5.74) is 5.22. The molecule has 1 atom stereocenters. The minimum Gasteiger partial charge on any atom is -0.462 e. The lowest BCUT2D eigenvalue weighted by atomic mass is 9.91. The standard InChI is InChI=1S/C10H19NO3/c1-6(2)9(8(12)5-11)10(13)14-7(3)4/h6-7,9H,5,11H2,1-4H3. The molecule has 0 rings (SSSR count). The Morgan fingerprint density at radius 2 is 1.71 bits per heavy atom. The Balaban J connectivity index is 4.50. The lowest BCUT2D eigenvalue weighted by Crippen LogP contribution is -2.35. The average Bonchev–Trinajstić information content (AvgIpc) is 2.01. The fourth-order valence-corrected chi connectivity index (χ4v) is 1.21. The van der Waals surface area contributed by atoms with Crippen LogP contribution in [0.4, 0.5) is 0 Å². The van der Waals surface area contributed by atoms with Crippen LogP contribution in [0, 0.1) is 11.8 Å². The van der Waals surface area contributed by atoms with Crippen molar-refractivity contribution >= 4 is 11.8 Å². The van der Waals surface area contributed by atoms with Gasteiger partial charge in [0, 0.05) is 0 Å². The fourth-order valence-electron chi connectivity index (χ4n) is 1.21. The zero-order chi connectivity index (χ0) is 11.3. The molecule has 1 unspecified atom stereocenters. The molecule has 0 aromatic carbocycles. The molecule has 0 radical (unpaired) electrons. The van der Waals surface area contributed by atoms with E-state index in [4.69, 9.17) is 10.5 Å². The van der Waals surface area contributed by atoms with Crippen molar-refractivity contribution in [3.05, 3.63) is 0 Å². The second-order valence-electron chi connectivity index (χ2n) is 3.88. The first-order chi connectivity index (χ1) is 6.40. The first kappa shape index (κ1) is 13.1. The first-order valence-electron chi connectivity index (χ1n) is 4.83. The minimum atomic E-state index is -0.720. The van der Waals surface area contributed by atoms with E-state index in [1.807, 2.05) is 0 Å². The summed E-state index contributed by atoms with van der Waals surface area (Å²) >= 11 is 0. The summed E-state index contributed by atoms with van der Waals surface area (Å²) in [6, 6.07) is 0. The third-order valence-corrected chi connectivity index (χ3v) is 1.82. The summed E-state index contributed by atoms with van der Waals surface area (Å²) in [4.78, 5) is 22.8. The lowest BCUT2D eigenvalue weighted by molar-refractivity contribution is -0.156.